The molecule has 0 radical (unpaired) electrons. The molecule has 1 unspecified atom stereocenters. The maximum Gasteiger partial charge on any atom is 0.133 e. The number of carbonyl (C=O) groups excluding carboxylic acids is 1. The van der Waals surface area contributed by atoms with Gasteiger partial charge in [0.05, 0.1) is 10.3 Å². The van der Waals surface area contributed by atoms with Crippen molar-refractivity contribution in [3.8, 4) is 0 Å². The fraction of sp³-hybridized carbons (Fsp3) is 0.222. The molecular weight excluding hydrogens is 227 g/mol. The molecule has 0 bridgehead atoms. The summed E-state index contributed by atoms with van der Waals surface area (Å²) in [6.07, 6.45) is 0.877. The van der Waals surface area contributed by atoms with Crippen molar-refractivity contribution < 1.29 is 4.79 Å². The van der Waals surface area contributed by atoms with E-state index >= 15 is 0 Å². The van der Waals surface area contributed by atoms with E-state index in [0.29, 0.717) is 10.0 Å². The van der Waals surface area contributed by atoms with Crippen LogP contribution >= 0.6 is 35.0 Å². The van der Waals surface area contributed by atoms with Crippen LogP contribution in [0, 0.1) is 0 Å². The molecule has 0 heterocycles. The molecule has 1 aromatic rings. The van der Waals surface area contributed by atoms with Gasteiger partial charge in [-0.1, -0.05) is 23.2 Å². The van der Waals surface area contributed by atoms with Crippen LogP contribution in [-0.2, 0) is 4.79 Å². The largest absolute Gasteiger partial charge is 0.302 e. The van der Waals surface area contributed by atoms with Crippen molar-refractivity contribution >= 4 is 41.2 Å². The van der Waals surface area contributed by atoms with Crippen molar-refractivity contribution in [2.45, 2.75) is 17.1 Å². The van der Waals surface area contributed by atoms with Gasteiger partial charge in [0, 0.05) is 9.92 Å². The number of thioether (sulfide) groups is 1. The van der Waals surface area contributed by atoms with Crippen LogP contribution in [0.15, 0.2) is 23.1 Å². The Balaban J connectivity index is 2.86. The predicted octanol–water partition coefficient (Wildman–Crippen LogP) is 3.67. The summed E-state index contributed by atoms with van der Waals surface area (Å²) in [4.78, 5) is 11.2. The van der Waals surface area contributed by atoms with Gasteiger partial charge in [-0.3, -0.25) is 0 Å². The third-order valence-corrected chi connectivity index (χ3v) is 3.15. The Kier molecular flexibility index (Phi) is 4.10. The zero-order valence-electron chi connectivity index (χ0n) is 6.96. The standard InChI is InChI=1S/C9H8Cl2OS/c1-6(5-12)13-9-4-7(10)2-3-8(9)11/h2-6H,1H3. The van der Waals surface area contributed by atoms with E-state index in [0.717, 1.165) is 11.2 Å². The minimum absolute atomic E-state index is 0.101. The summed E-state index contributed by atoms with van der Waals surface area (Å²) >= 11 is 13.1. The van der Waals surface area contributed by atoms with Crippen molar-refractivity contribution in [2.24, 2.45) is 0 Å². The lowest BCUT2D eigenvalue weighted by molar-refractivity contribution is -0.107. The SMILES string of the molecule is CC(C=O)Sc1cc(Cl)ccc1Cl. The third kappa shape index (κ3) is 3.22. The van der Waals surface area contributed by atoms with Crippen molar-refractivity contribution in [3.63, 3.8) is 0 Å². The first kappa shape index (κ1) is 10.9. The van der Waals surface area contributed by atoms with Gasteiger partial charge in [0.2, 0.25) is 0 Å². The molecule has 0 aromatic heterocycles. The summed E-state index contributed by atoms with van der Waals surface area (Å²) in [5.41, 5.74) is 0. The molecular formula is C9H8Cl2OS. The number of halogens is 2. The van der Waals surface area contributed by atoms with E-state index in [9.17, 15) is 4.79 Å². The minimum Gasteiger partial charge on any atom is -0.302 e. The molecule has 0 aliphatic heterocycles. The highest BCUT2D eigenvalue weighted by atomic mass is 35.5. The van der Waals surface area contributed by atoms with E-state index in [-0.39, 0.29) is 5.25 Å². The molecule has 1 nitrogen and oxygen atoms in total. The van der Waals surface area contributed by atoms with Crippen LogP contribution in [-0.4, -0.2) is 11.5 Å². The number of rotatable bonds is 3. The van der Waals surface area contributed by atoms with Crippen molar-refractivity contribution in [1.29, 1.82) is 0 Å². The number of aldehydes is 1. The maximum absolute atomic E-state index is 10.4. The second-order valence-corrected chi connectivity index (χ2v) is 4.80. The fourth-order valence-electron chi connectivity index (χ4n) is 0.796. The molecule has 0 fully saturated rings. The first-order chi connectivity index (χ1) is 6.13. The zero-order valence-corrected chi connectivity index (χ0v) is 9.29. The Bertz CT molecular complexity index is 314. The molecule has 4 heteroatoms. The zero-order chi connectivity index (χ0) is 9.84. The molecule has 0 saturated heterocycles. The van der Waals surface area contributed by atoms with Gasteiger partial charge in [0.1, 0.15) is 6.29 Å². The molecule has 1 atom stereocenters. The first-order valence-electron chi connectivity index (χ1n) is 3.70. The molecule has 0 amide bonds. The van der Waals surface area contributed by atoms with Crippen LogP contribution < -0.4 is 0 Å². The summed E-state index contributed by atoms with van der Waals surface area (Å²) in [6.45, 7) is 1.81. The van der Waals surface area contributed by atoms with Crippen molar-refractivity contribution in [1.82, 2.24) is 0 Å². The lowest BCUT2D eigenvalue weighted by Crippen LogP contribution is -1.95. The van der Waals surface area contributed by atoms with Crippen LogP contribution in [0.4, 0.5) is 0 Å². The Morgan fingerprint density at radius 2 is 2.15 bits per heavy atom. The fourth-order valence-corrected chi connectivity index (χ4v) is 2.12. The van der Waals surface area contributed by atoms with E-state index in [1.807, 2.05) is 6.92 Å². The van der Waals surface area contributed by atoms with Crippen molar-refractivity contribution in [2.75, 3.05) is 0 Å². The van der Waals surface area contributed by atoms with Crippen LogP contribution in [0.3, 0.4) is 0 Å². The third-order valence-electron chi connectivity index (χ3n) is 1.40. The maximum atomic E-state index is 10.4. The minimum atomic E-state index is -0.101. The van der Waals surface area contributed by atoms with Crippen molar-refractivity contribution in [3.05, 3.63) is 28.2 Å². The Morgan fingerprint density at radius 3 is 2.77 bits per heavy atom. The summed E-state index contributed by atoms with van der Waals surface area (Å²) in [6, 6.07) is 5.21. The van der Waals surface area contributed by atoms with E-state index in [1.54, 1.807) is 18.2 Å². The Hall–Kier alpha value is -0.180. The molecule has 0 spiro atoms. The number of benzene rings is 1. The smallest absolute Gasteiger partial charge is 0.133 e. The van der Waals surface area contributed by atoms with Gasteiger partial charge in [-0.05, 0) is 25.1 Å². The first-order valence-corrected chi connectivity index (χ1v) is 5.34. The van der Waals surface area contributed by atoms with E-state index in [1.165, 1.54) is 11.8 Å². The van der Waals surface area contributed by atoms with Gasteiger partial charge >= 0.3 is 0 Å². The van der Waals surface area contributed by atoms with Crippen LogP contribution in [0.1, 0.15) is 6.92 Å². The molecule has 1 aromatic carbocycles. The summed E-state index contributed by atoms with van der Waals surface area (Å²) in [7, 11) is 0. The lowest BCUT2D eigenvalue weighted by atomic mass is 10.4. The average molecular weight is 235 g/mol. The Morgan fingerprint density at radius 1 is 1.46 bits per heavy atom. The number of carbonyl (C=O) groups is 1. The number of hydrogen-bond acceptors (Lipinski definition) is 2. The van der Waals surface area contributed by atoms with E-state index in [2.05, 4.69) is 0 Å². The van der Waals surface area contributed by atoms with Crippen LogP contribution in [0.5, 0.6) is 0 Å². The van der Waals surface area contributed by atoms with E-state index < -0.39 is 0 Å². The normalized spacial score (nSPS) is 12.5. The Labute approximate surface area is 91.4 Å². The summed E-state index contributed by atoms with van der Waals surface area (Å²) in [5.74, 6) is 0. The molecule has 0 saturated carbocycles. The topological polar surface area (TPSA) is 17.1 Å². The van der Waals surface area contributed by atoms with Gasteiger partial charge < -0.3 is 4.79 Å². The number of hydrogen-bond donors (Lipinski definition) is 0. The molecule has 0 aliphatic carbocycles. The predicted molar refractivity (Wildman–Crippen MR) is 57.8 cm³/mol. The lowest BCUT2D eigenvalue weighted by Gasteiger charge is -2.05. The van der Waals surface area contributed by atoms with Gasteiger partial charge in [-0.25, -0.2) is 0 Å². The van der Waals surface area contributed by atoms with Crippen LogP contribution in [0.2, 0.25) is 10.0 Å². The van der Waals surface area contributed by atoms with Crippen LogP contribution in [0.25, 0.3) is 0 Å². The van der Waals surface area contributed by atoms with Gasteiger partial charge in [-0.2, -0.15) is 0 Å². The van der Waals surface area contributed by atoms with Gasteiger partial charge in [-0.15, -0.1) is 11.8 Å². The summed E-state index contributed by atoms with van der Waals surface area (Å²) < 4.78 is 0. The second-order valence-electron chi connectivity index (χ2n) is 2.53. The quantitative estimate of drug-likeness (QED) is 0.587. The molecule has 70 valence electrons. The van der Waals surface area contributed by atoms with Gasteiger partial charge in [0.15, 0.2) is 0 Å². The summed E-state index contributed by atoms with van der Waals surface area (Å²) in [5, 5.41) is 1.16. The van der Waals surface area contributed by atoms with Gasteiger partial charge in [0.25, 0.3) is 0 Å². The molecule has 13 heavy (non-hydrogen) atoms. The average Bonchev–Trinajstić information content (AvgIpc) is 2.11. The highest BCUT2D eigenvalue weighted by Gasteiger charge is 2.06. The highest BCUT2D eigenvalue weighted by molar-refractivity contribution is 8.00. The second kappa shape index (κ2) is 4.89. The molecule has 0 aliphatic rings. The van der Waals surface area contributed by atoms with E-state index in [4.69, 9.17) is 23.2 Å². The highest BCUT2D eigenvalue weighted by Crippen LogP contribution is 2.31. The molecule has 1 rings (SSSR count). The monoisotopic (exact) mass is 234 g/mol. The molecule has 0 N–H and O–H groups in total.